The van der Waals surface area contributed by atoms with Crippen LogP contribution < -0.4 is 20.7 Å². The number of benzene rings is 2. The number of methoxy groups -OCH3 is 1. The van der Waals surface area contributed by atoms with Crippen LogP contribution in [0.1, 0.15) is 30.1 Å². The number of hydrogen-bond acceptors (Lipinski definition) is 9. The number of aromatic nitrogens is 4. The first-order valence-corrected chi connectivity index (χ1v) is 11.5. The van der Waals surface area contributed by atoms with Crippen LogP contribution in [0.3, 0.4) is 0 Å². The van der Waals surface area contributed by atoms with Crippen LogP contribution in [0.2, 0.25) is 0 Å². The molecule has 0 spiro atoms. The molecule has 4 N–H and O–H groups in total. The summed E-state index contributed by atoms with van der Waals surface area (Å²) in [6.45, 7) is 2.67. The topological polar surface area (TPSA) is 117 Å². The fraction of sp³-hybridized carbons (Fsp3) is 0.231. The predicted molar refractivity (Wildman–Crippen MR) is 137 cm³/mol. The molecule has 0 fully saturated rings. The van der Waals surface area contributed by atoms with Gasteiger partial charge in [0, 0.05) is 30.4 Å². The Bertz CT molecular complexity index is 1200. The molecule has 0 saturated carbocycles. The lowest BCUT2D eigenvalue weighted by atomic mass is 10.1. The number of pyridine rings is 1. The highest BCUT2D eigenvalue weighted by molar-refractivity contribution is 5.50. The Morgan fingerprint density at radius 3 is 2.37 bits per heavy atom. The summed E-state index contributed by atoms with van der Waals surface area (Å²) in [5, 5.41) is 19.9. The summed E-state index contributed by atoms with van der Waals surface area (Å²) in [6.07, 6.45) is 2.24. The number of aliphatic hydroxyl groups is 1. The second kappa shape index (κ2) is 11.8. The minimum Gasteiger partial charge on any atom is -0.497 e. The number of hydrogen-bond donors (Lipinski definition) is 4. The van der Waals surface area contributed by atoms with Crippen molar-refractivity contribution >= 4 is 23.4 Å². The summed E-state index contributed by atoms with van der Waals surface area (Å²) in [5.74, 6) is 3.00. The molecular weight excluding hydrogens is 442 g/mol. The standard InChI is InChI=1S/C26H29N7O2/c1-3-22-30-25(27-16-15-18-9-12-21(35-2)13-10-18)33-26(31-22)32-23-14-11-19(17-28-23)24(34)29-20-7-5-4-6-8-20/h4-14,17,24,29,34H,3,15-16H2,1-2H3,(H2,27,28,30,31,32,33). The van der Waals surface area contributed by atoms with Gasteiger partial charge in [0.15, 0.2) is 6.23 Å². The second-order valence-corrected chi connectivity index (χ2v) is 7.79. The molecule has 2 heterocycles. The summed E-state index contributed by atoms with van der Waals surface area (Å²) in [5.41, 5.74) is 2.66. The Hall–Kier alpha value is -4.24. The largest absolute Gasteiger partial charge is 0.497 e. The maximum atomic E-state index is 10.4. The van der Waals surface area contributed by atoms with E-state index in [2.05, 4.69) is 35.9 Å². The van der Waals surface area contributed by atoms with E-state index in [1.54, 1.807) is 25.4 Å². The zero-order valence-electron chi connectivity index (χ0n) is 19.8. The average molecular weight is 472 g/mol. The van der Waals surface area contributed by atoms with Gasteiger partial charge in [-0.3, -0.25) is 0 Å². The Morgan fingerprint density at radius 2 is 1.69 bits per heavy atom. The third-order valence-electron chi connectivity index (χ3n) is 5.27. The predicted octanol–water partition coefficient (Wildman–Crippen LogP) is 4.34. The molecule has 0 aliphatic rings. The highest BCUT2D eigenvalue weighted by Gasteiger charge is 2.10. The molecule has 1 atom stereocenters. The number of aliphatic hydroxyl groups excluding tert-OH is 1. The molecule has 4 aromatic rings. The van der Waals surface area contributed by atoms with Gasteiger partial charge >= 0.3 is 0 Å². The van der Waals surface area contributed by atoms with Crippen LogP contribution in [0.15, 0.2) is 72.9 Å². The number of para-hydroxylation sites is 1. The Labute approximate surface area is 204 Å². The first kappa shape index (κ1) is 23.9. The summed E-state index contributed by atoms with van der Waals surface area (Å²) in [4.78, 5) is 17.8. The van der Waals surface area contributed by atoms with Crippen LogP contribution in [0, 0.1) is 0 Å². The summed E-state index contributed by atoms with van der Waals surface area (Å²) in [7, 11) is 1.66. The van der Waals surface area contributed by atoms with Gasteiger partial charge in [0.1, 0.15) is 17.4 Å². The van der Waals surface area contributed by atoms with Crippen molar-refractivity contribution in [2.45, 2.75) is 26.0 Å². The Balaban J connectivity index is 1.37. The lowest BCUT2D eigenvalue weighted by Gasteiger charge is -2.14. The fourth-order valence-electron chi connectivity index (χ4n) is 3.35. The monoisotopic (exact) mass is 471 g/mol. The summed E-state index contributed by atoms with van der Waals surface area (Å²) < 4.78 is 5.20. The molecule has 0 amide bonds. The molecule has 0 aliphatic heterocycles. The van der Waals surface area contributed by atoms with Crippen LogP contribution in [-0.2, 0) is 12.8 Å². The zero-order valence-corrected chi connectivity index (χ0v) is 19.8. The van der Waals surface area contributed by atoms with Gasteiger partial charge in [-0.05, 0) is 48.4 Å². The van der Waals surface area contributed by atoms with Gasteiger partial charge < -0.3 is 25.8 Å². The minimum absolute atomic E-state index is 0.409. The van der Waals surface area contributed by atoms with Crippen molar-refractivity contribution in [3.63, 3.8) is 0 Å². The quantitative estimate of drug-likeness (QED) is 0.237. The SMILES string of the molecule is CCc1nc(NCCc2ccc(OC)cc2)nc(Nc2ccc(C(O)Nc3ccccc3)cn2)n1. The molecule has 180 valence electrons. The smallest absolute Gasteiger partial charge is 0.233 e. The van der Waals surface area contributed by atoms with Crippen molar-refractivity contribution in [3.05, 3.63) is 89.9 Å². The third kappa shape index (κ3) is 6.87. The lowest BCUT2D eigenvalue weighted by molar-refractivity contribution is 0.208. The molecule has 2 aromatic heterocycles. The highest BCUT2D eigenvalue weighted by atomic mass is 16.5. The molecule has 4 rings (SSSR count). The molecule has 0 aliphatic carbocycles. The first-order valence-electron chi connectivity index (χ1n) is 11.5. The van der Waals surface area contributed by atoms with Crippen LogP contribution >= 0.6 is 0 Å². The normalized spacial score (nSPS) is 11.5. The second-order valence-electron chi connectivity index (χ2n) is 7.79. The van der Waals surface area contributed by atoms with Crippen molar-refractivity contribution in [2.75, 3.05) is 29.6 Å². The number of rotatable bonds is 11. The van der Waals surface area contributed by atoms with Gasteiger partial charge in [-0.2, -0.15) is 15.0 Å². The van der Waals surface area contributed by atoms with E-state index in [0.717, 1.165) is 17.9 Å². The van der Waals surface area contributed by atoms with Crippen LogP contribution in [0.5, 0.6) is 5.75 Å². The van der Waals surface area contributed by atoms with Crippen LogP contribution in [0.4, 0.5) is 23.4 Å². The molecule has 0 bridgehead atoms. The summed E-state index contributed by atoms with van der Waals surface area (Å²) >= 11 is 0. The van der Waals surface area contributed by atoms with E-state index in [1.165, 1.54) is 5.56 Å². The first-order chi connectivity index (χ1) is 17.1. The number of nitrogens with zero attached hydrogens (tertiary/aromatic N) is 4. The van der Waals surface area contributed by atoms with E-state index in [9.17, 15) is 5.11 Å². The highest BCUT2D eigenvalue weighted by Crippen LogP contribution is 2.19. The zero-order chi connectivity index (χ0) is 24.5. The molecular formula is C26H29N7O2. The van der Waals surface area contributed by atoms with E-state index < -0.39 is 6.23 Å². The Kier molecular flexibility index (Phi) is 8.03. The van der Waals surface area contributed by atoms with Crippen molar-refractivity contribution in [1.82, 2.24) is 19.9 Å². The van der Waals surface area contributed by atoms with Crippen molar-refractivity contribution in [3.8, 4) is 5.75 Å². The third-order valence-corrected chi connectivity index (χ3v) is 5.27. The maximum Gasteiger partial charge on any atom is 0.233 e. The van der Waals surface area contributed by atoms with Gasteiger partial charge in [-0.25, -0.2) is 4.98 Å². The number of aryl methyl sites for hydroxylation is 1. The van der Waals surface area contributed by atoms with Crippen LogP contribution in [-0.4, -0.2) is 38.7 Å². The summed E-state index contributed by atoms with van der Waals surface area (Å²) in [6, 6.07) is 21.1. The van der Waals surface area contributed by atoms with Crippen LogP contribution in [0.25, 0.3) is 0 Å². The molecule has 2 aromatic carbocycles. The lowest BCUT2D eigenvalue weighted by Crippen LogP contribution is -2.12. The van der Waals surface area contributed by atoms with Gasteiger partial charge in [0.2, 0.25) is 11.9 Å². The van der Waals surface area contributed by atoms with Gasteiger partial charge in [0.25, 0.3) is 0 Å². The number of nitrogens with one attached hydrogen (secondary N) is 3. The molecule has 0 saturated heterocycles. The number of anilines is 4. The van der Waals surface area contributed by atoms with Gasteiger partial charge in [-0.15, -0.1) is 0 Å². The molecule has 9 nitrogen and oxygen atoms in total. The van der Waals surface area contributed by atoms with Crippen molar-refractivity contribution in [2.24, 2.45) is 0 Å². The van der Waals surface area contributed by atoms with Crippen molar-refractivity contribution < 1.29 is 9.84 Å². The number of ether oxygens (including phenoxy) is 1. The molecule has 1 unspecified atom stereocenters. The van der Waals surface area contributed by atoms with Crippen molar-refractivity contribution in [1.29, 1.82) is 0 Å². The average Bonchev–Trinajstić information content (AvgIpc) is 2.90. The van der Waals surface area contributed by atoms with E-state index >= 15 is 0 Å². The van der Waals surface area contributed by atoms with E-state index in [0.29, 0.717) is 42.1 Å². The van der Waals surface area contributed by atoms with E-state index in [-0.39, 0.29) is 0 Å². The maximum absolute atomic E-state index is 10.4. The molecule has 9 heteroatoms. The van der Waals surface area contributed by atoms with Gasteiger partial charge in [-0.1, -0.05) is 37.3 Å². The van der Waals surface area contributed by atoms with Gasteiger partial charge in [0.05, 0.1) is 7.11 Å². The van der Waals surface area contributed by atoms with E-state index in [1.807, 2.05) is 61.5 Å². The minimum atomic E-state index is -0.871. The van der Waals surface area contributed by atoms with E-state index in [4.69, 9.17) is 4.74 Å². The molecule has 35 heavy (non-hydrogen) atoms. The molecule has 0 radical (unpaired) electrons. The fourth-order valence-corrected chi connectivity index (χ4v) is 3.35. The Morgan fingerprint density at radius 1 is 0.914 bits per heavy atom.